The first-order valence-corrected chi connectivity index (χ1v) is 11.0. The highest BCUT2D eigenvalue weighted by atomic mass is 16.2. The molecular formula is C25H29N3O3. The van der Waals surface area contributed by atoms with Gasteiger partial charge in [-0.1, -0.05) is 44.2 Å². The van der Waals surface area contributed by atoms with E-state index in [1.807, 2.05) is 54.3 Å². The maximum atomic E-state index is 13.3. The van der Waals surface area contributed by atoms with Crippen LogP contribution in [0.15, 0.2) is 54.6 Å². The molecule has 2 aromatic carbocycles. The van der Waals surface area contributed by atoms with E-state index in [-0.39, 0.29) is 30.8 Å². The number of para-hydroxylation sites is 2. The number of carbonyl (C=O) groups is 3. The lowest BCUT2D eigenvalue weighted by Crippen LogP contribution is -2.47. The number of fused-ring (bicyclic) bond motifs is 1. The SMILES string of the molecule is CC1CCN(C(=O)CN2C(=O)C(C)CN(C(=O)c3ccccc3)c3ccccc32)CC1. The van der Waals surface area contributed by atoms with E-state index in [1.54, 1.807) is 21.9 Å². The number of hydrogen-bond donors (Lipinski definition) is 0. The van der Waals surface area contributed by atoms with Crippen molar-refractivity contribution < 1.29 is 14.4 Å². The number of likely N-dealkylation sites (tertiary alicyclic amines) is 1. The Morgan fingerprint density at radius 3 is 2.19 bits per heavy atom. The summed E-state index contributed by atoms with van der Waals surface area (Å²) < 4.78 is 0. The quantitative estimate of drug-likeness (QED) is 0.764. The van der Waals surface area contributed by atoms with E-state index >= 15 is 0 Å². The average molecular weight is 420 g/mol. The topological polar surface area (TPSA) is 60.9 Å². The van der Waals surface area contributed by atoms with Crippen molar-refractivity contribution in [3.8, 4) is 0 Å². The largest absolute Gasteiger partial charge is 0.341 e. The number of rotatable bonds is 3. The number of benzene rings is 2. The van der Waals surface area contributed by atoms with Gasteiger partial charge < -0.3 is 14.7 Å². The molecule has 1 atom stereocenters. The minimum Gasteiger partial charge on any atom is -0.341 e. The molecule has 0 spiro atoms. The number of nitrogens with zero attached hydrogens (tertiary/aromatic N) is 3. The number of carbonyl (C=O) groups excluding carboxylic acids is 3. The van der Waals surface area contributed by atoms with Crippen LogP contribution in [-0.2, 0) is 9.59 Å². The van der Waals surface area contributed by atoms with Gasteiger partial charge in [-0.2, -0.15) is 0 Å². The fourth-order valence-corrected chi connectivity index (χ4v) is 4.34. The Hall–Kier alpha value is -3.15. The van der Waals surface area contributed by atoms with E-state index in [0.29, 0.717) is 22.9 Å². The molecule has 2 heterocycles. The first kappa shape index (κ1) is 21.1. The zero-order chi connectivity index (χ0) is 22.0. The maximum Gasteiger partial charge on any atom is 0.258 e. The summed E-state index contributed by atoms with van der Waals surface area (Å²) in [7, 11) is 0. The number of piperidine rings is 1. The average Bonchev–Trinajstić information content (AvgIpc) is 2.90. The van der Waals surface area contributed by atoms with E-state index in [9.17, 15) is 14.4 Å². The monoisotopic (exact) mass is 419 g/mol. The molecule has 6 nitrogen and oxygen atoms in total. The summed E-state index contributed by atoms with van der Waals surface area (Å²) in [5.41, 5.74) is 1.85. The Morgan fingerprint density at radius 2 is 1.52 bits per heavy atom. The van der Waals surface area contributed by atoms with Gasteiger partial charge in [0.1, 0.15) is 6.54 Å². The summed E-state index contributed by atoms with van der Waals surface area (Å²) in [6.45, 7) is 5.77. The van der Waals surface area contributed by atoms with Crippen LogP contribution in [0.3, 0.4) is 0 Å². The zero-order valence-corrected chi connectivity index (χ0v) is 18.2. The van der Waals surface area contributed by atoms with Crippen molar-refractivity contribution in [1.82, 2.24) is 4.90 Å². The second kappa shape index (κ2) is 8.92. The van der Waals surface area contributed by atoms with Gasteiger partial charge in [0, 0.05) is 25.2 Å². The third-order valence-electron chi connectivity index (χ3n) is 6.30. The molecule has 2 aliphatic rings. The van der Waals surface area contributed by atoms with Crippen molar-refractivity contribution in [1.29, 1.82) is 0 Å². The lowest BCUT2D eigenvalue weighted by atomic mass is 9.99. The maximum absolute atomic E-state index is 13.3. The van der Waals surface area contributed by atoms with Gasteiger partial charge in [-0.25, -0.2) is 0 Å². The second-order valence-electron chi connectivity index (χ2n) is 8.66. The smallest absolute Gasteiger partial charge is 0.258 e. The highest BCUT2D eigenvalue weighted by Crippen LogP contribution is 2.35. The highest BCUT2D eigenvalue weighted by Gasteiger charge is 2.35. The van der Waals surface area contributed by atoms with Crippen LogP contribution in [0.5, 0.6) is 0 Å². The first-order valence-electron chi connectivity index (χ1n) is 11.0. The van der Waals surface area contributed by atoms with Gasteiger partial charge in [0.25, 0.3) is 5.91 Å². The molecule has 4 rings (SSSR count). The molecule has 0 saturated carbocycles. The van der Waals surface area contributed by atoms with Crippen molar-refractivity contribution in [3.63, 3.8) is 0 Å². The highest BCUT2D eigenvalue weighted by molar-refractivity contribution is 6.12. The van der Waals surface area contributed by atoms with Crippen LogP contribution in [0.4, 0.5) is 11.4 Å². The third kappa shape index (κ3) is 4.33. The third-order valence-corrected chi connectivity index (χ3v) is 6.30. The predicted molar refractivity (Wildman–Crippen MR) is 121 cm³/mol. The molecule has 3 amide bonds. The molecule has 1 fully saturated rings. The fourth-order valence-electron chi connectivity index (χ4n) is 4.34. The summed E-state index contributed by atoms with van der Waals surface area (Å²) >= 11 is 0. The molecule has 6 heteroatoms. The minimum absolute atomic E-state index is 0.00192. The van der Waals surface area contributed by atoms with Crippen molar-refractivity contribution in [2.45, 2.75) is 26.7 Å². The number of anilines is 2. The van der Waals surface area contributed by atoms with Gasteiger partial charge in [-0.15, -0.1) is 0 Å². The van der Waals surface area contributed by atoms with Crippen LogP contribution in [0, 0.1) is 11.8 Å². The van der Waals surface area contributed by atoms with Gasteiger partial charge >= 0.3 is 0 Å². The van der Waals surface area contributed by atoms with Crippen LogP contribution in [0.1, 0.15) is 37.0 Å². The Balaban J connectivity index is 1.65. The molecule has 2 aromatic rings. The van der Waals surface area contributed by atoms with Gasteiger partial charge in [-0.05, 0) is 43.0 Å². The Bertz CT molecular complexity index is 967. The lowest BCUT2D eigenvalue weighted by molar-refractivity contribution is -0.133. The summed E-state index contributed by atoms with van der Waals surface area (Å²) in [5.74, 6) is -0.109. The molecule has 0 aromatic heterocycles. The lowest BCUT2D eigenvalue weighted by Gasteiger charge is -2.32. The summed E-state index contributed by atoms with van der Waals surface area (Å²) in [4.78, 5) is 44.7. The normalized spacial score (nSPS) is 19.7. The van der Waals surface area contributed by atoms with Gasteiger partial charge in [0.15, 0.2) is 0 Å². The second-order valence-corrected chi connectivity index (χ2v) is 8.66. The van der Waals surface area contributed by atoms with Crippen LogP contribution in [-0.4, -0.2) is 48.8 Å². The number of hydrogen-bond acceptors (Lipinski definition) is 3. The van der Waals surface area contributed by atoms with E-state index in [4.69, 9.17) is 0 Å². The predicted octanol–water partition coefficient (Wildman–Crippen LogP) is 3.57. The summed E-state index contributed by atoms with van der Waals surface area (Å²) in [6.07, 6.45) is 1.98. The van der Waals surface area contributed by atoms with E-state index in [1.165, 1.54) is 0 Å². The first-order chi connectivity index (χ1) is 15.0. The van der Waals surface area contributed by atoms with Crippen molar-refractivity contribution in [2.75, 3.05) is 36.0 Å². The van der Waals surface area contributed by atoms with Crippen LogP contribution < -0.4 is 9.80 Å². The molecule has 1 unspecified atom stereocenters. The number of amides is 3. The van der Waals surface area contributed by atoms with Crippen LogP contribution in [0.25, 0.3) is 0 Å². The molecule has 1 saturated heterocycles. The van der Waals surface area contributed by atoms with E-state index in [0.717, 1.165) is 25.9 Å². The van der Waals surface area contributed by atoms with Crippen molar-refractivity contribution >= 4 is 29.1 Å². The molecule has 31 heavy (non-hydrogen) atoms. The standard InChI is InChI=1S/C25H29N3O3/c1-18-12-14-26(15-13-18)23(29)17-28-22-11-7-6-10-21(22)27(16-19(2)24(28)30)25(31)20-8-4-3-5-9-20/h3-11,18-19H,12-17H2,1-2H3. The van der Waals surface area contributed by atoms with Gasteiger partial charge in [-0.3, -0.25) is 14.4 Å². The summed E-state index contributed by atoms with van der Waals surface area (Å²) in [6, 6.07) is 16.5. The molecule has 0 bridgehead atoms. The Labute approximate surface area is 183 Å². The molecule has 2 aliphatic heterocycles. The van der Waals surface area contributed by atoms with Gasteiger partial charge in [0.2, 0.25) is 11.8 Å². The Morgan fingerprint density at radius 1 is 0.903 bits per heavy atom. The van der Waals surface area contributed by atoms with Crippen molar-refractivity contribution in [3.05, 3.63) is 60.2 Å². The summed E-state index contributed by atoms with van der Waals surface area (Å²) in [5, 5.41) is 0. The molecular weight excluding hydrogens is 390 g/mol. The zero-order valence-electron chi connectivity index (χ0n) is 18.2. The van der Waals surface area contributed by atoms with Gasteiger partial charge in [0.05, 0.1) is 17.3 Å². The van der Waals surface area contributed by atoms with Crippen LogP contribution >= 0.6 is 0 Å². The van der Waals surface area contributed by atoms with Crippen LogP contribution in [0.2, 0.25) is 0 Å². The fraction of sp³-hybridized carbons (Fsp3) is 0.400. The molecule has 0 radical (unpaired) electrons. The van der Waals surface area contributed by atoms with E-state index < -0.39 is 5.92 Å². The molecule has 0 aliphatic carbocycles. The molecule has 162 valence electrons. The minimum atomic E-state index is -0.422. The molecule has 0 N–H and O–H groups in total. The van der Waals surface area contributed by atoms with E-state index in [2.05, 4.69) is 6.92 Å². The Kier molecular flexibility index (Phi) is 6.07. The van der Waals surface area contributed by atoms with Crippen molar-refractivity contribution in [2.24, 2.45) is 11.8 Å².